The van der Waals surface area contributed by atoms with E-state index in [1.54, 1.807) is 12.1 Å². The Balaban J connectivity index is 2.52. The summed E-state index contributed by atoms with van der Waals surface area (Å²) in [5, 5.41) is 3.30. The van der Waals surface area contributed by atoms with Crippen LogP contribution in [0.25, 0.3) is 0 Å². The molecular formula is C14H22FNO. The summed E-state index contributed by atoms with van der Waals surface area (Å²) < 4.78 is 18.7. The maximum absolute atomic E-state index is 13.8. The van der Waals surface area contributed by atoms with Crippen molar-refractivity contribution < 1.29 is 9.13 Å². The van der Waals surface area contributed by atoms with E-state index in [1.165, 1.54) is 7.11 Å². The van der Waals surface area contributed by atoms with Gasteiger partial charge in [0, 0.05) is 12.1 Å². The van der Waals surface area contributed by atoms with E-state index >= 15 is 0 Å². The van der Waals surface area contributed by atoms with Gasteiger partial charge in [0.1, 0.15) is 0 Å². The van der Waals surface area contributed by atoms with E-state index in [0.717, 1.165) is 19.4 Å². The maximum Gasteiger partial charge on any atom is 0.169 e. The SMILES string of the molecule is CCC(CC)CNCc1cccc(OC)c1F. The predicted octanol–water partition coefficient (Wildman–Crippen LogP) is 3.36. The van der Waals surface area contributed by atoms with Crippen molar-refractivity contribution >= 4 is 0 Å². The highest BCUT2D eigenvalue weighted by Crippen LogP contribution is 2.19. The molecule has 0 spiro atoms. The normalized spacial score (nSPS) is 10.9. The summed E-state index contributed by atoms with van der Waals surface area (Å²) in [6.45, 7) is 5.85. The lowest BCUT2D eigenvalue weighted by Crippen LogP contribution is -2.22. The third-order valence-electron chi connectivity index (χ3n) is 3.17. The largest absolute Gasteiger partial charge is 0.494 e. The lowest BCUT2D eigenvalue weighted by atomic mass is 10.0. The van der Waals surface area contributed by atoms with Gasteiger partial charge in [-0.15, -0.1) is 0 Å². The third-order valence-corrected chi connectivity index (χ3v) is 3.17. The molecule has 1 aromatic carbocycles. The minimum Gasteiger partial charge on any atom is -0.494 e. The molecule has 3 heteroatoms. The number of benzene rings is 1. The van der Waals surface area contributed by atoms with Crippen LogP contribution in [-0.2, 0) is 6.54 Å². The molecule has 0 unspecified atom stereocenters. The fourth-order valence-electron chi connectivity index (χ4n) is 1.84. The molecule has 0 fully saturated rings. The number of rotatable bonds is 7. The Hall–Kier alpha value is -1.09. The fraction of sp³-hybridized carbons (Fsp3) is 0.571. The van der Waals surface area contributed by atoms with Crippen LogP contribution in [0, 0.1) is 11.7 Å². The van der Waals surface area contributed by atoms with Gasteiger partial charge in [0.25, 0.3) is 0 Å². The van der Waals surface area contributed by atoms with Crippen molar-refractivity contribution in [2.75, 3.05) is 13.7 Å². The van der Waals surface area contributed by atoms with Gasteiger partial charge >= 0.3 is 0 Å². The van der Waals surface area contributed by atoms with Crippen LogP contribution in [0.4, 0.5) is 4.39 Å². The number of methoxy groups -OCH3 is 1. The first-order valence-electron chi connectivity index (χ1n) is 6.24. The molecular weight excluding hydrogens is 217 g/mol. The summed E-state index contributed by atoms with van der Waals surface area (Å²) in [5.41, 5.74) is 0.662. The van der Waals surface area contributed by atoms with Crippen molar-refractivity contribution in [2.24, 2.45) is 5.92 Å². The van der Waals surface area contributed by atoms with Crippen molar-refractivity contribution in [1.82, 2.24) is 5.32 Å². The van der Waals surface area contributed by atoms with Gasteiger partial charge in [0.05, 0.1) is 7.11 Å². The van der Waals surface area contributed by atoms with Crippen LogP contribution in [0.15, 0.2) is 18.2 Å². The standard InChI is InChI=1S/C14H22FNO/c1-4-11(5-2)9-16-10-12-7-6-8-13(17-3)14(12)15/h6-8,11,16H,4-5,9-10H2,1-3H3. The zero-order valence-electron chi connectivity index (χ0n) is 10.9. The second kappa shape index (κ2) is 7.28. The highest BCUT2D eigenvalue weighted by atomic mass is 19.1. The number of hydrogen-bond donors (Lipinski definition) is 1. The monoisotopic (exact) mass is 239 g/mol. The van der Waals surface area contributed by atoms with E-state index in [9.17, 15) is 4.39 Å². The van der Waals surface area contributed by atoms with Gasteiger partial charge in [0.15, 0.2) is 11.6 Å². The molecule has 2 nitrogen and oxygen atoms in total. The van der Waals surface area contributed by atoms with Gasteiger partial charge in [-0.3, -0.25) is 0 Å². The summed E-state index contributed by atoms with van der Waals surface area (Å²) in [6.07, 6.45) is 2.31. The van der Waals surface area contributed by atoms with E-state index in [0.29, 0.717) is 23.8 Å². The average Bonchev–Trinajstić information content (AvgIpc) is 2.36. The number of nitrogens with one attached hydrogen (secondary N) is 1. The zero-order chi connectivity index (χ0) is 12.7. The van der Waals surface area contributed by atoms with Crippen LogP contribution < -0.4 is 10.1 Å². The van der Waals surface area contributed by atoms with E-state index in [4.69, 9.17) is 4.74 Å². The van der Waals surface area contributed by atoms with Gasteiger partial charge < -0.3 is 10.1 Å². The summed E-state index contributed by atoms with van der Waals surface area (Å²) in [7, 11) is 1.49. The Morgan fingerprint density at radius 3 is 2.59 bits per heavy atom. The van der Waals surface area contributed by atoms with Crippen LogP contribution in [0.2, 0.25) is 0 Å². The van der Waals surface area contributed by atoms with Gasteiger partial charge in [-0.2, -0.15) is 0 Å². The molecule has 17 heavy (non-hydrogen) atoms. The first-order chi connectivity index (χ1) is 8.22. The lowest BCUT2D eigenvalue weighted by molar-refractivity contribution is 0.382. The fourth-order valence-corrected chi connectivity index (χ4v) is 1.84. The molecule has 0 radical (unpaired) electrons. The molecule has 0 heterocycles. The molecule has 0 saturated carbocycles. The Labute approximate surface area is 103 Å². The molecule has 0 amide bonds. The first-order valence-corrected chi connectivity index (χ1v) is 6.24. The molecule has 96 valence electrons. The third kappa shape index (κ3) is 4.00. The first kappa shape index (κ1) is 14.0. The number of ether oxygens (including phenoxy) is 1. The molecule has 0 saturated heterocycles. The molecule has 1 aromatic rings. The topological polar surface area (TPSA) is 21.3 Å². The van der Waals surface area contributed by atoms with Crippen molar-refractivity contribution in [3.8, 4) is 5.75 Å². The van der Waals surface area contributed by atoms with Crippen LogP contribution in [0.1, 0.15) is 32.3 Å². The van der Waals surface area contributed by atoms with Gasteiger partial charge in [0.2, 0.25) is 0 Å². The van der Waals surface area contributed by atoms with Crippen LogP contribution in [0.5, 0.6) is 5.75 Å². The van der Waals surface area contributed by atoms with E-state index in [-0.39, 0.29) is 5.82 Å². The molecule has 1 N–H and O–H groups in total. The highest BCUT2D eigenvalue weighted by Gasteiger charge is 2.08. The summed E-state index contributed by atoms with van der Waals surface area (Å²) in [6, 6.07) is 5.24. The van der Waals surface area contributed by atoms with E-state index in [1.807, 2.05) is 6.07 Å². The minimum atomic E-state index is -0.257. The van der Waals surface area contributed by atoms with E-state index in [2.05, 4.69) is 19.2 Å². The molecule has 1 rings (SSSR count). The van der Waals surface area contributed by atoms with Crippen molar-refractivity contribution in [3.05, 3.63) is 29.6 Å². The Bertz CT molecular complexity index is 337. The summed E-state index contributed by atoms with van der Waals surface area (Å²) in [5.74, 6) is 0.725. The van der Waals surface area contributed by atoms with Crippen LogP contribution in [-0.4, -0.2) is 13.7 Å². The minimum absolute atomic E-state index is 0.257. The molecule has 0 aromatic heterocycles. The smallest absolute Gasteiger partial charge is 0.169 e. The Kier molecular flexibility index (Phi) is 5.98. The van der Waals surface area contributed by atoms with Crippen molar-refractivity contribution in [3.63, 3.8) is 0 Å². The predicted molar refractivity (Wildman–Crippen MR) is 68.7 cm³/mol. The zero-order valence-corrected chi connectivity index (χ0v) is 10.9. The lowest BCUT2D eigenvalue weighted by Gasteiger charge is -2.14. The van der Waals surface area contributed by atoms with Gasteiger partial charge in [-0.25, -0.2) is 4.39 Å². The van der Waals surface area contributed by atoms with Crippen LogP contribution in [0.3, 0.4) is 0 Å². The maximum atomic E-state index is 13.8. The van der Waals surface area contributed by atoms with Crippen molar-refractivity contribution in [2.45, 2.75) is 33.2 Å². The molecule has 0 atom stereocenters. The van der Waals surface area contributed by atoms with E-state index < -0.39 is 0 Å². The highest BCUT2D eigenvalue weighted by molar-refractivity contribution is 5.30. The second-order valence-electron chi connectivity index (χ2n) is 4.25. The van der Waals surface area contributed by atoms with Gasteiger partial charge in [-0.05, 0) is 18.5 Å². The quantitative estimate of drug-likeness (QED) is 0.787. The molecule has 0 aliphatic rings. The molecule has 0 bridgehead atoms. The Morgan fingerprint density at radius 1 is 1.29 bits per heavy atom. The van der Waals surface area contributed by atoms with Crippen LogP contribution >= 0.6 is 0 Å². The average molecular weight is 239 g/mol. The Morgan fingerprint density at radius 2 is 2.00 bits per heavy atom. The van der Waals surface area contributed by atoms with Crippen molar-refractivity contribution in [1.29, 1.82) is 0 Å². The number of hydrogen-bond acceptors (Lipinski definition) is 2. The molecule has 0 aliphatic heterocycles. The van der Waals surface area contributed by atoms with Gasteiger partial charge in [-0.1, -0.05) is 38.8 Å². The second-order valence-corrected chi connectivity index (χ2v) is 4.25. The number of halogens is 1. The molecule has 0 aliphatic carbocycles. The summed E-state index contributed by atoms with van der Waals surface area (Å²) >= 11 is 0. The summed E-state index contributed by atoms with van der Waals surface area (Å²) in [4.78, 5) is 0.